The fourth-order valence-corrected chi connectivity index (χ4v) is 4.96. The molecule has 0 spiro atoms. The summed E-state index contributed by atoms with van der Waals surface area (Å²) in [6, 6.07) is 17.3. The van der Waals surface area contributed by atoms with Gasteiger partial charge in [-0.25, -0.2) is 0 Å². The zero-order chi connectivity index (χ0) is 18.6. The number of carbonyl (C=O) groups excluding carboxylic acids is 1. The van der Waals surface area contributed by atoms with Crippen molar-refractivity contribution in [3.63, 3.8) is 0 Å². The summed E-state index contributed by atoms with van der Waals surface area (Å²) >= 11 is 1.86. The zero-order valence-corrected chi connectivity index (χ0v) is 16.3. The molecule has 1 fully saturated rings. The number of nitrogens with two attached hydrogens (primary N) is 1. The first kappa shape index (κ1) is 18.3. The van der Waals surface area contributed by atoms with Gasteiger partial charge in [0.25, 0.3) is 0 Å². The van der Waals surface area contributed by atoms with Gasteiger partial charge >= 0.3 is 0 Å². The number of fused-ring (bicyclic) bond motifs is 2. The molecule has 5 nitrogen and oxygen atoms in total. The summed E-state index contributed by atoms with van der Waals surface area (Å²) in [7, 11) is 0. The highest BCUT2D eigenvalue weighted by atomic mass is 32.2. The van der Waals surface area contributed by atoms with Crippen LogP contribution in [0.4, 0.5) is 11.4 Å². The summed E-state index contributed by atoms with van der Waals surface area (Å²) in [4.78, 5) is 20.8. The van der Waals surface area contributed by atoms with E-state index in [9.17, 15) is 4.79 Å². The van der Waals surface area contributed by atoms with Crippen LogP contribution in [0.1, 0.15) is 6.42 Å². The second kappa shape index (κ2) is 8.33. The van der Waals surface area contributed by atoms with Crippen LogP contribution in [0.3, 0.4) is 0 Å². The molecule has 1 saturated heterocycles. The molecule has 0 aliphatic carbocycles. The fraction of sp³-hybridized carbons (Fsp3) is 0.381. The number of primary amides is 1. The lowest BCUT2D eigenvalue weighted by Crippen LogP contribution is -2.49. The van der Waals surface area contributed by atoms with E-state index < -0.39 is 0 Å². The van der Waals surface area contributed by atoms with E-state index in [1.54, 1.807) is 0 Å². The standard InChI is InChI=1S/C21H26N4OS/c22-21(26)16-24-14-12-23(13-15-24)10-5-11-25-17-6-1-3-8-19(17)27-20-9-4-2-7-18(20)25/h1-4,6-9H,5,10-16H2,(H2,22,26). The van der Waals surface area contributed by atoms with Gasteiger partial charge in [-0.15, -0.1) is 0 Å². The Balaban J connectivity index is 1.36. The average molecular weight is 383 g/mol. The van der Waals surface area contributed by atoms with Crippen LogP contribution < -0.4 is 10.6 Å². The Hall–Kier alpha value is -2.02. The van der Waals surface area contributed by atoms with E-state index in [0.717, 1.165) is 45.7 Å². The molecule has 0 saturated carbocycles. The lowest BCUT2D eigenvalue weighted by Gasteiger charge is -2.36. The van der Waals surface area contributed by atoms with Gasteiger partial charge < -0.3 is 15.5 Å². The Kier molecular flexibility index (Phi) is 5.66. The summed E-state index contributed by atoms with van der Waals surface area (Å²) in [6.07, 6.45) is 1.11. The van der Waals surface area contributed by atoms with Crippen molar-refractivity contribution in [3.8, 4) is 0 Å². The van der Waals surface area contributed by atoms with Crippen molar-refractivity contribution in [2.24, 2.45) is 5.73 Å². The maximum Gasteiger partial charge on any atom is 0.231 e. The molecule has 0 atom stereocenters. The molecule has 0 unspecified atom stereocenters. The van der Waals surface area contributed by atoms with Gasteiger partial charge in [0.1, 0.15) is 0 Å². The van der Waals surface area contributed by atoms with Crippen molar-refractivity contribution in [2.75, 3.05) is 50.7 Å². The summed E-state index contributed by atoms with van der Waals surface area (Å²) in [5.74, 6) is -0.233. The van der Waals surface area contributed by atoms with E-state index in [2.05, 4.69) is 63.2 Å². The first-order valence-corrected chi connectivity index (χ1v) is 10.4. The van der Waals surface area contributed by atoms with Crippen molar-refractivity contribution in [3.05, 3.63) is 48.5 Å². The predicted octanol–water partition coefficient (Wildman–Crippen LogP) is 2.78. The number of carbonyl (C=O) groups is 1. The maximum absolute atomic E-state index is 11.1. The highest BCUT2D eigenvalue weighted by molar-refractivity contribution is 7.99. The summed E-state index contributed by atoms with van der Waals surface area (Å²) in [5.41, 5.74) is 7.92. The Morgan fingerprint density at radius 1 is 0.852 bits per heavy atom. The molecule has 4 rings (SSSR count). The molecule has 27 heavy (non-hydrogen) atoms. The smallest absolute Gasteiger partial charge is 0.231 e. The van der Waals surface area contributed by atoms with E-state index >= 15 is 0 Å². The van der Waals surface area contributed by atoms with Crippen molar-refractivity contribution >= 4 is 29.0 Å². The average Bonchev–Trinajstić information content (AvgIpc) is 2.68. The molecule has 1 amide bonds. The third-order valence-corrected chi connectivity index (χ3v) is 6.36. The van der Waals surface area contributed by atoms with E-state index in [1.165, 1.54) is 21.2 Å². The van der Waals surface area contributed by atoms with E-state index in [4.69, 9.17) is 5.73 Å². The third-order valence-electron chi connectivity index (χ3n) is 5.23. The molecule has 2 aromatic carbocycles. The molecule has 2 heterocycles. The highest BCUT2D eigenvalue weighted by Crippen LogP contribution is 2.47. The van der Waals surface area contributed by atoms with Crippen LogP contribution in [0.15, 0.2) is 58.3 Å². The number of para-hydroxylation sites is 2. The molecule has 2 aromatic rings. The predicted molar refractivity (Wildman–Crippen MR) is 111 cm³/mol. The Labute approximate surface area is 165 Å². The molecule has 2 aliphatic heterocycles. The molecule has 0 bridgehead atoms. The Morgan fingerprint density at radius 3 is 2.00 bits per heavy atom. The van der Waals surface area contributed by atoms with Crippen molar-refractivity contribution in [1.82, 2.24) is 9.80 Å². The van der Waals surface area contributed by atoms with E-state index in [1.807, 2.05) is 11.8 Å². The minimum atomic E-state index is -0.233. The van der Waals surface area contributed by atoms with Crippen LogP contribution in [0.5, 0.6) is 0 Å². The summed E-state index contributed by atoms with van der Waals surface area (Å²) in [6.45, 7) is 6.35. The molecular formula is C21H26N4OS. The van der Waals surface area contributed by atoms with Crippen LogP contribution >= 0.6 is 11.8 Å². The van der Waals surface area contributed by atoms with Crippen LogP contribution in [-0.2, 0) is 4.79 Å². The van der Waals surface area contributed by atoms with Crippen LogP contribution in [0.2, 0.25) is 0 Å². The van der Waals surface area contributed by atoms with Crippen molar-refractivity contribution in [1.29, 1.82) is 0 Å². The number of amides is 1. The van der Waals surface area contributed by atoms with E-state index in [0.29, 0.717) is 6.54 Å². The monoisotopic (exact) mass is 382 g/mol. The molecule has 142 valence electrons. The lowest BCUT2D eigenvalue weighted by atomic mass is 10.2. The van der Waals surface area contributed by atoms with Crippen LogP contribution in [0, 0.1) is 0 Å². The van der Waals surface area contributed by atoms with Crippen molar-refractivity contribution in [2.45, 2.75) is 16.2 Å². The maximum atomic E-state index is 11.1. The molecule has 6 heteroatoms. The van der Waals surface area contributed by atoms with Gasteiger partial charge in [-0.2, -0.15) is 0 Å². The number of anilines is 2. The number of rotatable bonds is 6. The number of nitrogens with zero attached hydrogens (tertiary/aromatic N) is 3. The Bertz CT molecular complexity index is 759. The quantitative estimate of drug-likeness (QED) is 0.833. The van der Waals surface area contributed by atoms with Gasteiger partial charge in [-0.1, -0.05) is 36.0 Å². The Morgan fingerprint density at radius 2 is 1.41 bits per heavy atom. The van der Waals surface area contributed by atoms with Crippen molar-refractivity contribution < 1.29 is 4.79 Å². The molecule has 0 aromatic heterocycles. The number of hydrogen-bond donors (Lipinski definition) is 1. The highest BCUT2D eigenvalue weighted by Gasteiger charge is 2.23. The second-order valence-electron chi connectivity index (χ2n) is 7.13. The molecule has 2 aliphatic rings. The van der Waals surface area contributed by atoms with Gasteiger partial charge in [0.15, 0.2) is 0 Å². The second-order valence-corrected chi connectivity index (χ2v) is 8.21. The van der Waals surface area contributed by atoms with Gasteiger partial charge in [0.05, 0.1) is 17.9 Å². The minimum Gasteiger partial charge on any atom is -0.369 e. The van der Waals surface area contributed by atoms with E-state index in [-0.39, 0.29) is 5.91 Å². The van der Waals surface area contributed by atoms with Gasteiger partial charge in [-0.3, -0.25) is 9.69 Å². The summed E-state index contributed by atoms with van der Waals surface area (Å²) in [5, 5.41) is 0. The number of piperazine rings is 1. The van der Waals surface area contributed by atoms with Gasteiger partial charge in [0, 0.05) is 42.5 Å². The number of hydrogen-bond acceptors (Lipinski definition) is 5. The SMILES string of the molecule is NC(=O)CN1CCN(CCCN2c3ccccc3Sc3ccccc32)CC1. The third kappa shape index (κ3) is 4.29. The lowest BCUT2D eigenvalue weighted by molar-refractivity contribution is -0.119. The normalized spacial score (nSPS) is 17.4. The topological polar surface area (TPSA) is 52.8 Å². The minimum absolute atomic E-state index is 0.233. The summed E-state index contributed by atoms with van der Waals surface area (Å²) < 4.78 is 0. The zero-order valence-electron chi connectivity index (χ0n) is 15.5. The van der Waals surface area contributed by atoms with Crippen LogP contribution in [0.25, 0.3) is 0 Å². The largest absolute Gasteiger partial charge is 0.369 e. The molecule has 0 radical (unpaired) electrons. The van der Waals surface area contributed by atoms with Gasteiger partial charge in [0.2, 0.25) is 5.91 Å². The molecular weight excluding hydrogens is 356 g/mol. The molecule has 2 N–H and O–H groups in total. The van der Waals surface area contributed by atoms with Gasteiger partial charge in [-0.05, 0) is 37.2 Å². The first-order valence-electron chi connectivity index (χ1n) is 9.57. The number of benzene rings is 2. The van der Waals surface area contributed by atoms with Crippen LogP contribution in [-0.4, -0.2) is 61.5 Å². The fourth-order valence-electron chi connectivity index (χ4n) is 3.87. The first-order chi connectivity index (χ1) is 13.2.